The molecular formula is C14H13N3O3. The van der Waals surface area contributed by atoms with E-state index in [-0.39, 0.29) is 12.0 Å². The molecule has 0 unspecified atom stereocenters. The molecule has 1 aromatic carbocycles. The summed E-state index contributed by atoms with van der Waals surface area (Å²) in [6, 6.07) is 8.64. The van der Waals surface area contributed by atoms with Crippen molar-refractivity contribution < 1.29 is 14.3 Å². The Hall–Kier alpha value is -2.99. The Labute approximate surface area is 116 Å². The zero-order valence-corrected chi connectivity index (χ0v) is 11.1. The highest BCUT2D eigenvalue weighted by atomic mass is 16.5. The average Bonchev–Trinajstić information content (AvgIpc) is 2.48. The topological polar surface area (TPSA) is 95.1 Å². The summed E-state index contributed by atoms with van der Waals surface area (Å²) in [7, 11) is 2.79. The molecule has 0 heterocycles. The molecule has 0 amide bonds. The number of esters is 1. The van der Waals surface area contributed by atoms with Crippen LogP contribution in [-0.2, 0) is 16.0 Å². The Kier molecular flexibility index (Phi) is 5.61. The number of nitrogens with one attached hydrogen (secondary N) is 1. The fourth-order valence-corrected chi connectivity index (χ4v) is 1.52. The molecule has 20 heavy (non-hydrogen) atoms. The van der Waals surface area contributed by atoms with Crippen molar-refractivity contribution in [3.63, 3.8) is 0 Å². The number of carbonyl (C=O) groups is 1. The predicted octanol–water partition coefficient (Wildman–Crippen LogP) is 1.75. The van der Waals surface area contributed by atoms with Crippen molar-refractivity contribution in [3.05, 3.63) is 35.5 Å². The minimum absolute atomic E-state index is 0.0539. The first-order valence-corrected chi connectivity index (χ1v) is 5.65. The third kappa shape index (κ3) is 3.76. The molecule has 0 spiro atoms. The molecule has 0 aliphatic rings. The first-order valence-electron chi connectivity index (χ1n) is 5.65. The average molecular weight is 271 g/mol. The number of allylic oxidation sites excluding steroid dienone is 1. The van der Waals surface area contributed by atoms with Gasteiger partial charge in [-0.2, -0.15) is 10.5 Å². The van der Waals surface area contributed by atoms with E-state index in [9.17, 15) is 4.79 Å². The van der Waals surface area contributed by atoms with Crippen LogP contribution in [0.25, 0.3) is 0 Å². The second-order valence-corrected chi connectivity index (χ2v) is 3.67. The largest absolute Gasteiger partial charge is 0.495 e. The number of rotatable bonds is 5. The number of hydrogen-bond acceptors (Lipinski definition) is 6. The molecule has 6 heteroatoms. The van der Waals surface area contributed by atoms with Gasteiger partial charge in [-0.25, -0.2) is 0 Å². The van der Waals surface area contributed by atoms with Gasteiger partial charge in [0.2, 0.25) is 0 Å². The normalized spacial score (nSPS) is 8.80. The van der Waals surface area contributed by atoms with Gasteiger partial charge in [0.25, 0.3) is 0 Å². The number of ether oxygens (including phenoxy) is 2. The van der Waals surface area contributed by atoms with Crippen LogP contribution >= 0.6 is 0 Å². The Morgan fingerprint density at radius 2 is 2.05 bits per heavy atom. The van der Waals surface area contributed by atoms with Gasteiger partial charge in [0.05, 0.1) is 26.3 Å². The third-order valence-corrected chi connectivity index (χ3v) is 2.50. The number of methoxy groups -OCH3 is 2. The van der Waals surface area contributed by atoms with Crippen molar-refractivity contribution >= 4 is 11.7 Å². The van der Waals surface area contributed by atoms with E-state index in [1.807, 2.05) is 0 Å². The first-order chi connectivity index (χ1) is 9.65. The van der Waals surface area contributed by atoms with Crippen LogP contribution in [0.3, 0.4) is 0 Å². The molecule has 0 fully saturated rings. The minimum atomic E-state index is -0.397. The summed E-state index contributed by atoms with van der Waals surface area (Å²) in [6.45, 7) is 0. The molecule has 0 aromatic heterocycles. The predicted molar refractivity (Wildman–Crippen MR) is 71.6 cm³/mol. The van der Waals surface area contributed by atoms with Gasteiger partial charge in [-0.15, -0.1) is 0 Å². The van der Waals surface area contributed by atoms with Crippen molar-refractivity contribution in [2.45, 2.75) is 6.42 Å². The SMILES string of the molecule is COC(=O)Cc1cccc(OC)c1NC=C(C#N)C#N. The summed E-state index contributed by atoms with van der Waals surface area (Å²) in [6.07, 6.45) is 1.32. The van der Waals surface area contributed by atoms with Gasteiger partial charge >= 0.3 is 5.97 Å². The molecule has 1 N–H and O–H groups in total. The number of carbonyl (C=O) groups excluding carboxylic acids is 1. The van der Waals surface area contributed by atoms with Gasteiger partial charge in [-0.3, -0.25) is 4.79 Å². The van der Waals surface area contributed by atoms with Crippen molar-refractivity contribution in [3.8, 4) is 17.9 Å². The van der Waals surface area contributed by atoms with E-state index in [1.165, 1.54) is 20.4 Å². The van der Waals surface area contributed by atoms with Crippen molar-refractivity contribution in [2.24, 2.45) is 0 Å². The lowest BCUT2D eigenvalue weighted by Crippen LogP contribution is -2.07. The molecule has 0 saturated carbocycles. The van der Waals surface area contributed by atoms with Gasteiger partial charge in [0.1, 0.15) is 23.5 Å². The quantitative estimate of drug-likeness (QED) is 0.647. The van der Waals surface area contributed by atoms with Crippen LogP contribution in [-0.4, -0.2) is 20.2 Å². The number of anilines is 1. The first kappa shape index (κ1) is 15.1. The molecule has 0 aliphatic heterocycles. The Bertz CT molecular complexity index is 593. The van der Waals surface area contributed by atoms with E-state index >= 15 is 0 Å². The summed E-state index contributed by atoms with van der Waals surface area (Å²) < 4.78 is 9.81. The summed E-state index contributed by atoms with van der Waals surface area (Å²) in [4.78, 5) is 11.4. The number of para-hydroxylation sites is 1. The van der Waals surface area contributed by atoms with Crippen LogP contribution in [0.15, 0.2) is 30.0 Å². The van der Waals surface area contributed by atoms with Crippen molar-refractivity contribution in [2.75, 3.05) is 19.5 Å². The molecule has 0 bridgehead atoms. The van der Waals surface area contributed by atoms with Gasteiger partial charge in [-0.05, 0) is 11.6 Å². The smallest absolute Gasteiger partial charge is 0.310 e. The number of nitrogens with zero attached hydrogens (tertiary/aromatic N) is 2. The third-order valence-electron chi connectivity index (χ3n) is 2.50. The minimum Gasteiger partial charge on any atom is -0.495 e. The van der Waals surface area contributed by atoms with Crippen LogP contribution in [0.4, 0.5) is 5.69 Å². The van der Waals surface area contributed by atoms with Crippen molar-refractivity contribution in [1.82, 2.24) is 0 Å². The molecule has 102 valence electrons. The van der Waals surface area contributed by atoms with Gasteiger partial charge in [0.15, 0.2) is 0 Å². The summed E-state index contributed by atoms with van der Waals surface area (Å²) in [5.41, 5.74) is 1.08. The summed E-state index contributed by atoms with van der Waals surface area (Å²) in [5, 5.41) is 20.2. The Morgan fingerprint density at radius 1 is 1.35 bits per heavy atom. The van der Waals surface area contributed by atoms with E-state index in [4.69, 9.17) is 15.3 Å². The van der Waals surface area contributed by atoms with E-state index < -0.39 is 5.97 Å². The standard InChI is InChI=1S/C14H13N3O3/c1-19-12-5-3-4-11(6-13(18)20-2)14(12)17-9-10(7-15)8-16/h3-5,9,17H,6H2,1-2H3. The van der Waals surface area contributed by atoms with Gasteiger partial charge < -0.3 is 14.8 Å². The molecule has 0 atom stereocenters. The Morgan fingerprint density at radius 3 is 2.60 bits per heavy atom. The van der Waals surface area contributed by atoms with E-state index in [1.54, 1.807) is 30.3 Å². The van der Waals surface area contributed by atoms with Crippen LogP contribution in [0.1, 0.15) is 5.56 Å². The maximum absolute atomic E-state index is 11.4. The van der Waals surface area contributed by atoms with Crippen LogP contribution in [0, 0.1) is 22.7 Å². The lowest BCUT2D eigenvalue weighted by atomic mass is 10.1. The summed E-state index contributed by atoms with van der Waals surface area (Å²) >= 11 is 0. The monoisotopic (exact) mass is 271 g/mol. The van der Waals surface area contributed by atoms with Gasteiger partial charge in [-0.1, -0.05) is 12.1 Å². The molecule has 1 aromatic rings. The second kappa shape index (κ2) is 7.45. The lowest BCUT2D eigenvalue weighted by Gasteiger charge is -2.13. The summed E-state index contributed by atoms with van der Waals surface area (Å²) in [5.74, 6) is 0.101. The highest BCUT2D eigenvalue weighted by Crippen LogP contribution is 2.29. The molecule has 6 nitrogen and oxygen atoms in total. The van der Waals surface area contributed by atoms with E-state index in [0.717, 1.165) is 0 Å². The number of nitriles is 2. The van der Waals surface area contributed by atoms with Crippen LogP contribution in [0.2, 0.25) is 0 Å². The van der Waals surface area contributed by atoms with E-state index in [0.29, 0.717) is 17.0 Å². The second-order valence-electron chi connectivity index (χ2n) is 3.67. The molecule has 0 saturated heterocycles. The van der Waals surface area contributed by atoms with Crippen LogP contribution < -0.4 is 10.1 Å². The number of hydrogen-bond donors (Lipinski definition) is 1. The number of benzene rings is 1. The molecular weight excluding hydrogens is 258 g/mol. The molecule has 0 radical (unpaired) electrons. The molecule has 1 rings (SSSR count). The Balaban J connectivity index is 3.14. The highest BCUT2D eigenvalue weighted by molar-refractivity contribution is 5.77. The zero-order chi connectivity index (χ0) is 15.0. The van der Waals surface area contributed by atoms with Crippen LogP contribution in [0.5, 0.6) is 5.75 Å². The van der Waals surface area contributed by atoms with Gasteiger partial charge in [0, 0.05) is 6.20 Å². The fourth-order valence-electron chi connectivity index (χ4n) is 1.52. The highest BCUT2D eigenvalue weighted by Gasteiger charge is 2.12. The zero-order valence-electron chi connectivity index (χ0n) is 11.1. The van der Waals surface area contributed by atoms with E-state index in [2.05, 4.69) is 10.1 Å². The fraction of sp³-hybridized carbons (Fsp3) is 0.214. The maximum atomic E-state index is 11.4. The molecule has 0 aliphatic carbocycles. The van der Waals surface area contributed by atoms with Crippen molar-refractivity contribution in [1.29, 1.82) is 10.5 Å². The maximum Gasteiger partial charge on any atom is 0.310 e. The lowest BCUT2D eigenvalue weighted by molar-refractivity contribution is -0.139.